The molecule has 3 saturated carbocycles. The summed E-state index contributed by atoms with van der Waals surface area (Å²) in [7, 11) is 5.60. The highest BCUT2D eigenvalue weighted by Crippen LogP contribution is 2.53. The molecule has 6 rings (SSSR count). The SMILES string of the molecule is CC(=O)OO.CCCCCC(=O)CC[C@H]1C(S)CC(=O)[C@@H]1C/C=C\CCCC(=O)OC.CCCCCC(=O)CC[C@H]1C=CC(=O)[C@@H]1C/C=C\CCCC(=O)OC.CCCCCC1(CC[C@H]2C(O)C[C@H](O)[C@@H]2C/C=C\CCCC(=O)OC)OCCO1.CCCCCC1(O)CC[C@H]2[C@@H](CC(=O)[C@@H]2C/C=C\CCCC(=O)OC)S1. The van der Waals surface area contributed by atoms with Crippen molar-refractivity contribution in [3.63, 3.8) is 0 Å². The highest BCUT2D eigenvalue weighted by molar-refractivity contribution is 8.01. The second kappa shape index (κ2) is 61.3. The number of fused-ring (bicyclic) bond motifs is 1. The number of aliphatic hydroxyl groups is 3. The molecule has 634 valence electrons. The standard InChI is InChI=1S/C23H40O6.2C21H34O4S.C21H32O4.C2H4O3/c1-3-4-9-13-23(28-15-16-29-23)14-12-19-18(20(24)17-21(19)25)10-7-5-6-8-11-22(26)27-2;1-3-4-9-13-21(24)14-12-17-16(18(22)15-19(17)26-21)10-7-5-6-8-11-20(23)25-2;1-3-4-7-10-16(22)13-14-18-17(19(23)15-20(18)26)11-8-5-6-9-12-21(24)25-2;1-3-4-7-10-18(22)15-13-17-14-16-20(23)19(17)11-8-5-6-9-12-21(24)25-2;1-2(3)5-4/h5,7,18-21,24-25H,3-4,6,8-17H2,1-2H3;5,7,16-17,19,24H,3-4,6,8-15H2,1-2H3;5,8,17-18,20,26H,3-4,6-7,9-15H2,1-2H3;5,8,14,16-17,19H,3-4,6-7,9-13,15H2,1-2H3;4H,1H3/b2*7-5-;2*8-5-;/t18-,19-,20+,21?;16-,17-,19-,21?;17-,18-,20?;17-,19+;/m1110./s1. The van der Waals surface area contributed by atoms with Gasteiger partial charge in [-0.25, -0.2) is 4.79 Å². The Bertz CT molecular complexity index is 2830. The van der Waals surface area contributed by atoms with Gasteiger partial charge in [-0.05, 0) is 183 Å². The molecule has 3 unspecified atom stereocenters. The predicted molar refractivity (Wildman–Crippen MR) is 438 cm³/mol. The zero-order chi connectivity index (χ0) is 82.2. The van der Waals surface area contributed by atoms with E-state index < -0.39 is 28.9 Å². The smallest absolute Gasteiger partial charge is 0.339 e. The first-order valence-electron chi connectivity index (χ1n) is 42.1. The second-order valence-corrected chi connectivity index (χ2v) is 33.0. The average molecular weight is 1600 g/mol. The number of thiol groups is 1. The van der Waals surface area contributed by atoms with Crippen molar-refractivity contribution < 1.29 is 102 Å². The molecule has 0 amide bonds. The second-order valence-electron chi connectivity index (χ2n) is 30.7. The van der Waals surface area contributed by atoms with Crippen molar-refractivity contribution >= 4 is 83.2 Å². The van der Waals surface area contributed by atoms with Crippen molar-refractivity contribution in [3.05, 3.63) is 60.8 Å². The fraction of sp³-hybridized carbons (Fsp3) is 0.773. The summed E-state index contributed by atoms with van der Waals surface area (Å²) in [6.07, 6.45) is 54.1. The molecule has 23 heteroatoms. The van der Waals surface area contributed by atoms with Gasteiger partial charge in [-0.2, -0.15) is 17.9 Å². The van der Waals surface area contributed by atoms with Crippen LogP contribution in [-0.2, 0) is 81.3 Å². The number of rotatable bonds is 49. The lowest BCUT2D eigenvalue weighted by atomic mass is 9.85. The van der Waals surface area contributed by atoms with E-state index in [0.717, 1.165) is 180 Å². The van der Waals surface area contributed by atoms with Crippen LogP contribution >= 0.6 is 24.4 Å². The zero-order valence-corrected chi connectivity index (χ0v) is 70.8. The number of thioether (sulfide) groups is 1. The molecular weight excluding hydrogens is 1460 g/mol. The maximum Gasteiger partial charge on any atom is 0.339 e. The maximum atomic E-state index is 12.5. The summed E-state index contributed by atoms with van der Waals surface area (Å²) >= 11 is 6.27. The van der Waals surface area contributed by atoms with Crippen LogP contribution in [0.15, 0.2) is 60.8 Å². The number of esters is 4. The Morgan fingerprint density at radius 1 is 0.514 bits per heavy atom. The molecule has 2 aliphatic heterocycles. The summed E-state index contributed by atoms with van der Waals surface area (Å²) in [6.45, 7) is 11.0. The van der Waals surface area contributed by atoms with Crippen LogP contribution in [0.25, 0.3) is 0 Å². The Labute approximate surface area is 675 Å². The van der Waals surface area contributed by atoms with E-state index in [0.29, 0.717) is 125 Å². The Morgan fingerprint density at radius 2 is 0.946 bits per heavy atom. The van der Waals surface area contributed by atoms with Gasteiger partial charge >= 0.3 is 29.8 Å². The molecule has 0 aromatic rings. The molecule has 4 N–H and O–H groups in total. The van der Waals surface area contributed by atoms with Crippen molar-refractivity contribution in [1.29, 1.82) is 0 Å². The van der Waals surface area contributed by atoms with E-state index in [1.165, 1.54) is 47.7 Å². The largest absolute Gasteiger partial charge is 0.469 e. The number of hydrogen-bond donors (Lipinski definition) is 5. The Hall–Kier alpha value is -5.14. The number of carbonyl (C=O) groups excluding carboxylic acids is 10. The average Bonchev–Trinajstić information content (AvgIpc) is 1.65. The molecule has 0 aromatic carbocycles. The normalized spacial score (nSPS) is 25.0. The van der Waals surface area contributed by atoms with Gasteiger partial charge in [0.1, 0.15) is 28.1 Å². The third-order valence-electron chi connectivity index (χ3n) is 22.2. The number of ether oxygens (including phenoxy) is 6. The van der Waals surface area contributed by atoms with E-state index in [9.17, 15) is 63.3 Å². The fourth-order valence-electron chi connectivity index (χ4n) is 15.6. The highest BCUT2D eigenvalue weighted by atomic mass is 32.2. The predicted octanol–water partition coefficient (Wildman–Crippen LogP) is 17.7. The van der Waals surface area contributed by atoms with Crippen LogP contribution in [0.3, 0.4) is 0 Å². The van der Waals surface area contributed by atoms with Gasteiger partial charge in [0.25, 0.3) is 0 Å². The molecule has 0 radical (unpaired) electrons. The van der Waals surface area contributed by atoms with Crippen LogP contribution in [0, 0.1) is 47.3 Å². The summed E-state index contributed by atoms with van der Waals surface area (Å²) in [5, 5.41) is 39.5. The summed E-state index contributed by atoms with van der Waals surface area (Å²) in [6, 6.07) is 0. The van der Waals surface area contributed by atoms with Gasteiger partial charge in [-0.1, -0.05) is 134 Å². The maximum absolute atomic E-state index is 12.5. The Morgan fingerprint density at radius 3 is 1.42 bits per heavy atom. The number of Topliss-reactive ketones (excluding diaryl/α,β-unsaturated/α-hetero) is 4. The fourth-order valence-corrected chi connectivity index (χ4v) is 17.9. The van der Waals surface area contributed by atoms with Gasteiger partial charge in [0.15, 0.2) is 11.6 Å². The lowest BCUT2D eigenvalue weighted by Crippen LogP contribution is -2.36. The van der Waals surface area contributed by atoms with Crippen molar-refractivity contribution in [2.75, 3.05) is 41.7 Å². The molecule has 2 saturated heterocycles. The first kappa shape index (κ1) is 102. The minimum atomic E-state index is -0.690. The summed E-state index contributed by atoms with van der Waals surface area (Å²) in [5.41, 5.74) is 0. The van der Waals surface area contributed by atoms with Crippen LogP contribution in [0.5, 0.6) is 0 Å². The number of hydrogen-bond acceptors (Lipinski definition) is 23. The van der Waals surface area contributed by atoms with Crippen molar-refractivity contribution in [3.8, 4) is 0 Å². The molecule has 0 bridgehead atoms. The van der Waals surface area contributed by atoms with E-state index in [-0.39, 0.29) is 82.1 Å². The van der Waals surface area contributed by atoms with E-state index in [1.807, 2.05) is 30.4 Å². The van der Waals surface area contributed by atoms with Crippen LogP contribution in [0.4, 0.5) is 0 Å². The topological polar surface area (TPSA) is 316 Å². The molecule has 0 aromatic heterocycles. The highest BCUT2D eigenvalue weighted by Gasteiger charge is 2.50. The molecule has 21 nitrogen and oxygen atoms in total. The number of unbranched alkanes of at least 4 members (excludes halogenated alkanes) is 12. The molecule has 6 aliphatic rings. The van der Waals surface area contributed by atoms with Gasteiger partial charge < -0.3 is 48.6 Å². The van der Waals surface area contributed by atoms with Crippen molar-refractivity contribution in [1.82, 2.24) is 0 Å². The lowest BCUT2D eigenvalue weighted by Gasteiger charge is -2.39. The third-order valence-corrected chi connectivity index (χ3v) is 24.5. The number of allylic oxidation sites excluding steroid dienone is 10. The van der Waals surface area contributed by atoms with Gasteiger partial charge in [0, 0.05) is 112 Å². The van der Waals surface area contributed by atoms with Gasteiger partial charge in [-0.15, -0.1) is 11.8 Å². The number of methoxy groups -OCH3 is 4. The van der Waals surface area contributed by atoms with Crippen LogP contribution in [0.1, 0.15) is 311 Å². The quantitative estimate of drug-likeness (QED) is 0.00719. The Kier molecular flexibility index (Phi) is 56.3. The molecular formula is C88H144O21S2. The van der Waals surface area contributed by atoms with Crippen LogP contribution < -0.4 is 0 Å². The summed E-state index contributed by atoms with van der Waals surface area (Å²) < 4.78 is 30.4. The van der Waals surface area contributed by atoms with E-state index in [4.69, 9.17) is 14.7 Å². The first-order valence-corrected chi connectivity index (χ1v) is 43.5. The van der Waals surface area contributed by atoms with Gasteiger partial charge in [-0.3, -0.25) is 43.2 Å². The van der Waals surface area contributed by atoms with Crippen LogP contribution in [-0.4, -0.2) is 154 Å². The molecule has 0 spiro atoms. The van der Waals surface area contributed by atoms with E-state index in [2.05, 4.69) is 88.5 Å². The van der Waals surface area contributed by atoms with E-state index in [1.54, 1.807) is 17.8 Å². The monoisotopic (exact) mass is 1600 g/mol. The van der Waals surface area contributed by atoms with E-state index >= 15 is 0 Å². The molecule has 13 atom stereocenters. The number of ketones is 5. The van der Waals surface area contributed by atoms with Crippen molar-refractivity contribution in [2.45, 2.75) is 344 Å². The van der Waals surface area contributed by atoms with Gasteiger partial charge in [0.2, 0.25) is 0 Å². The summed E-state index contributed by atoms with van der Waals surface area (Å²) in [5.74, 6) is 0.490. The lowest BCUT2D eigenvalue weighted by molar-refractivity contribution is -0.231. The molecule has 2 heterocycles. The van der Waals surface area contributed by atoms with Crippen molar-refractivity contribution in [2.24, 2.45) is 47.3 Å². The summed E-state index contributed by atoms with van der Waals surface area (Å²) in [4.78, 5) is 117. The minimum Gasteiger partial charge on any atom is -0.469 e. The number of aliphatic hydroxyl groups excluding tert-OH is 2. The third kappa shape index (κ3) is 43.4. The van der Waals surface area contributed by atoms with Gasteiger partial charge in [0.05, 0.1) is 53.9 Å². The number of carbonyl (C=O) groups is 10. The minimum absolute atomic E-state index is 0.0159. The first-order chi connectivity index (χ1) is 53.3. The molecule has 111 heavy (non-hydrogen) atoms. The van der Waals surface area contributed by atoms with Crippen LogP contribution in [0.2, 0.25) is 0 Å². The molecule has 4 aliphatic carbocycles. The molecule has 5 fully saturated rings. The zero-order valence-electron chi connectivity index (χ0n) is 69.1. The Balaban J connectivity index is 0.000000492.